The zero-order valence-corrected chi connectivity index (χ0v) is 19.9. The van der Waals surface area contributed by atoms with Gasteiger partial charge >= 0.3 is 0 Å². The highest BCUT2D eigenvalue weighted by Gasteiger charge is 2.16. The highest BCUT2D eigenvalue weighted by molar-refractivity contribution is 6.06. The molecule has 0 fully saturated rings. The van der Waals surface area contributed by atoms with Crippen LogP contribution in [0.3, 0.4) is 0 Å². The number of methoxy groups -OCH3 is 1. The van der Waals surface area contributed by atoms with E-state index in [1.807, 2.05) is 37.3 Å². The molecule has 8 heteroatoms. The molecule has 0 aliphatic heterocycles. The maximum Gasteiger partial charge on any atom is 0.258 e. The van der Waals surface area contributed by atoms with Gasteiger partial charge in [-0.3, -0.25) is 14.4 Å². The lowest BCUT2D eigenvalue weighted by Gasteiger charge is -2.21. The van der Waals surface area contributed by atoms with Crippen LogP contribution >= 0.6 is 0 Å². The average molecular weight is 475 g/mol. The summed E-state index contributed by atoms with van der Waals surface area (Å²) in [6.07, 6.45) is 0. The number of ether oxygens (including phenoxy) is 1. The molecule has 0 spiro atoms. The van der Waals surface area contributed by atoms with E-state index in [1.165, 1.54) is 0 Å². The predicted molar refractivity (Wildman–Crippen MR) is 138 cm³/mol. The maximum absolute atomic E-state index is 12.9. The summed E-state index contributed by atoms with van der Waals surface area (Å²) in [5.74, 6) is -0.568. The van der Waals surface area contributed by atoms with Gasteiger partial charge in [0.05, 0.1) is 13.2 Å². The standard InChI is InChI=1S/C27H30N4O4/c1-3-31(24-10-5-4-6-11-24)27(34)20-12-14-22(15-13-20)30-25(32)19-29-23-9-7-8-21(18-23)26(33)28-16-17-35-2/h4-15,18,29H,3,16-17,19H2,1-2H3,(H,28,33)(H,30,32). The third-order valence-corrected chi connectivity index (χ3v) is 5.21. The molecule has 182 valence electrons. The van der Waals surface area contributed by atoms with E-state index in [9.17, 15) is 14.4 Å². The molecule has 0 aliphatic rings. The summed E-state index contributed by atoms with van der Waals surface area (Å²) in [7, 11) is 1.57. The summed E-state index contributed by atoms with van der Waals surface area (Å²) in [5, 5.41) is 8.58. The molecule has 8 nitrogen and oxygen atoms in total. The summed E-state index contributed by atoms with van der Waals surface area (Å²) in [4.78, 5) is 39.2. The zero-order chi connectivity index (χ0) is 25.0. The Labute approximate surface area is 205 Å². The largest absolute Gasteiger partial charge is 0.383 e. The van der Waals surface area contributed by atoms with Gasteiger partial charge in [-0.2, -0.15) is 0 Å². The Morgan fingerprint density at radius 3 is 2.29 bits per heavy atom. The Bertz CT molecular complexity index is 1130. The molecule has 3 aromatic rings. The van der Waals surface area contributed by atoms with Crippen molar-refractivity contribution in [2.24, 2.45) is 0 Å². The molecular weight excluding hydrogens is 444 g/mol. The van der Waals surface area contributed by atoms with Crippen LogP contribution in [0.15, 0.2) is 78.9 Å². The van der Waals surface area contributed by atoms with Crippen molar-refractivity contribution in [3.63, 3.8) is 0 Å². The predicted octanol–water partition coefficient (Wildman–Crippen LogP) is 3.78. The molecule has 0 bridgehead atoms. The van der Waals surface area contributed by atoms with Crippen LogP contribution in [0, 0.1) is 0 Å². The molecule has 3 N–H and O–H groups in total. The van der Waals surface area contributed by atoms with Crippen molar-refractivity contribution in [1.29, 1.82) is 0 Å². The van der Waals surface area contributed by atoms with Crippen LogP contribution in [0.5, 0.6) is 0 Å². The Balaban J connectivity index is 1.53. The van der Waals surface area contributed by atoms with Gasteiger partial charge in [0.2, 0.25) is 5.91 Å². The lowest BCUT2D eigenvalue weighted by atomic mass is 10.1. The lowest BCUT2D eigenvalue weighted by Crippen LogP contribution is -2.30. The van der Waals surface area contributed by atoms with E-state index in [-0.39, 0.29) is 24.3 Å². The quantitative estimate of drug-likeness (QED) is 0.367. The number of carbonyl (C=O) groups is 3. The molecule has 0 unspecified atom stereocenters. The smallest absolute Gasteiger partial charge is 0.258 e. The highest BCUT2D eigenvalue weighted by atomic mass is 16.5. The van der Waals surface area contributed by atoms with Gasteiger partial charge < -0.3 is 25.6 Å². The summed E-state index contributed by atoms with van der Waals surface area (Å²) in [6.45, 7) is 3.34. The van der Waals surface area contributed by atoms with Crippen molar-refractivity contribution in [2.75, 3.05) is 48.9 Å². The first kappa shape index (κ1) is 25.5. The fourth-order valence-electron chi connectivity index (χ4n) is 3.43. The molecule has 0 aliphatic carbocycles. The van der Waals surface area contributed by atoms with E-state index in [0.29, 0.717) is 42.2 Å². The van der Waals surface area contributed by atoms with Gasteiger partial charge in [0.15, 0.2) is 0 Å². The third kappa shape index (κ3) is 7.41. The maximum atomic E-state index is 12.9. The van der Waals surface area contributed by atoms with Crippen molar-refractivity contribution in [3.8, 4) is 0 Å². The molecule has 0 aromatic heterocycles. The van der Waals surface area contributed by atoms with E-state index < -0.39 is 0 Å². The second kappa shape index (κ2) is 12.9. The molecule has 35 heavy (non-hydrogen) atoms. The zero-order valence-electron chi connectivity index (χ0n) is 19.9. The number of benzene rings is 3. The van der Waals surface area contributed by atoms with Crippen LogP contribution in [0.2, 0.25) is 0 Å². The van der Waals surface area contributed by atoms with E-state index in [2.05, 4.69) is 16.0 Å². The van der Waals surface area contributed by atoms with Gasteiger partial charge in [-0.1, -0.05) is 24.3 Å². The molecule has 0 heterocycles. The highest BCUT2D eigenvalue weighted by Crippen LogP contribution is 2.18. The average Bonchev–Trinajstić information content (AvgIpc) is 2.89. The molecule has 0 radical (unpaired) electrons. The van der Waals surface area contributed by atoms with E-state index in [1.54, 1.807) is 60.5 Å². The minimum atomic E-state index is -0.251. The van der Waals surface area contributed by atoms with Crippen molar-refractivity contribution in [3.05, 3.63) is 90.0 Å². The van der Waals surface area contributed by atoms with Crippen molar-refractivity contribution >= 4 is 34.8 Å². The van der Waals surface area contributed by atoms with E-state index in [0.717, 1.165) is 5.69 Å². The molecule has 0 saturated carbocycles. The van der Waals surface area contributed by atoms with Crippen molar-refractivity contribution < 1.29 is 19.1 Å². The van der Waals surface area contributed by atoms with E-state index >= 15 is 0 Å². The first-order valence-electron chi connectivity index (χ1n) is 11.4. The van der Waals surface area contributed by atoms with Gasteiger partial charge in [0.1, 0.15) is 0 Å². The minimum Gasteiger partial charge on any atom is -0.383 e. The second-order valence-corrected chi connectivity index (χ2v) is 7.69. The molecule has 0 saturated heterocycles. The van der Waals surface area contributed by atoms with Crippen LogP contribution in [-0.2, 0) is 9.53 Å². The molecule has 3 rings (SSSR count). The Morgan fingerprint density at radius 2 is 1.60 bits per heavy atom. The number of hydrogen-bond acceptors (Lipinski definition) is 5. The topological polar surface area (TPSA) is 99.8 Å². The molecule has 3 aromatic carbocycles. The Morgan fingerprint density at radius 1 is 0.857 bits per heavy atom. The fourth-order valence-corrected chi connectivity index (χ4v) is 3.43. The Hall–Kier alpha value is -4.17. The Kier molecular flexibility index (Phi) is 9.39. The number of nitrogens with one attached hydrogen (secondary N) is 3. The lowest BCUT2D eigenvalue weighted by molar-refractivity contribution is -0.114. The monoisotopic (exact) mass is 474 g/mol. The number of carbonyl (C=O) groups excluding carboxylic acids is 3. The van der Waals surface area contributed by atoms with E-state index in [4.69, 9.17) is 4.74 Å². The number of rotatable bonds is 11. The first-order valence-corrected chi connectivity index (χ1v) is 11.4. The van der Waals surface area contributed by atoms with Crippen LogP contribution in [0.25, 0.3) is 0 Å². The van der Waals surface area contributed by atoms with Gasteiger partial charge in [-0.05, 0) is 61.5 Å². The van der Waals surface area contributed by atoms with Crippen molar-refractivity contribution in [1.82, 2.24) is 5.32 Å². The molecule has 3 amide bonds. The SMILES string of the molecule is CCN(C(=O)c1ccc(NC(=O)CNc2cccc(C(=O)NCCOC)c2)cc1)c1ccccc1. The summed E-state index contributed by atoms with van der Waals surface area (Å²) in [5.41, 5.74) is 3.10. The van der Waals surface area contributed by atoms with Crippen LogP contribution in [0.4, 0.5) is 17.1 Å². The van der Waals surface area contributed by atoms with Crippen LogP contribution in [-0.4, -0.2) is 51.1 Å². The van der Waals surface area contributed by atoms with Gasteiger partial charge in [-0.25, -0.2) is 0 Å². The summed E-state index contributed by atoms with van der Waals surface area (Å²) >= 11 is 0. The number of anilines is 3. The summed E-state index contributed by atoms with van der Waals surface area (Å²) < 4.78 is 4.93. The normalized spacial score (nSPS) is 10.3. The molecular formula is C27H30N4O4. The van der Waals surface area contributed by atoms with Gasteiger partial charge in [0, 0.05) is 48.4 Å². The number of nitrogens with zero attached hydrogens (tertiary/aromatic N) is 1. The first-order chi connectivity index (χ1) is 17.0. The van der Waals surface area contributed by atoms with Gasteiger partial charge in [0.25, 0.3) is 11.8 Å². The summed E-state index contributed by atoms with van der Waals surface area (Å²) in [6, 6.07) is 23.2. The fraction of sp³-hybridized carbons (Fsp3) is 0.222. The number of hydrogen-bond donors (Lipinski definition) is 3. The molecule has 0 atom stereocenters. The van der Waals surface area contributed by atoms with Gasteiger partial charge in [-0.15, -0.1) is 0 Å². The number of para-hydroxylation sites is 1. The minimum absolute atomic E-state index is 0.0209. The van der Waals surface area contributed by atoms with Crippen molar-refractivity contribution in [2.45, 2.75) is 6.92 Å². The third-order valence-electron chi connectivity index (χ3n) is 5.21. The van der Waals surface area contributed by atoms with Crippen LogP contribution < -0.4 is 20.9 Å². The second-order valence-electron chi connectivity index (χ2n) is 7.69. The number of amides is 3. The van der Waals surface area contributed by atoms with Crippen LogP contribution in [0.1, 0.15) is 27.6 Å².